The van der Waals surface area contributed by atoms with Crippen molar-refractivity contribution in [1.82, 2.24) is 9.97 Å². The first-order valence-electron chi connectivity index (χ1n) is 8.53. The van der Waals surface area contributed by atoms with Crippen molar-refractivity contribution in [3.05, 3.63) is 30.0 Å². The van der Waals surface area contributed by atoms with Gasteiger partial charge in [-0.25, -0.2) is 9.37 Å². The quantitative estimate of drug-likeness (QED) is 0.715. The Balaban J connectivity index is 1.94. The minimum Gasteiger partial charge on any atom is -0.302 e. The van der Waals surface area contributed by atoms with Gasteiger partial charge in [-0.3, -0.25) is 9.78 Å². The van der Waals surface area contributed by atoms with E-state index < -0.39 is 0 Å². The summed E-state index contributed by atoms with van der Waals surface area (Å²) >= 11 is 3.22. The molecular weight excluding hydrogens is 357 g/mol. The predicted octanol–water partition coefficient (Wildman–Crippen LogP) is 4.40. The van der Waals surface area contributed by atoms with Crippen LogP contribution in [0.5, 0.6) is 0 Å². The maximum atomic E-state index is 13.5. The lowest BCUT2D eigenvalue weighted by Crippen LogP contribution is -2.32. The van der Waals surface area contributed by atoms with Gasteiger partial charge in [-0.05, 0) is 32.1 Å². The fraction of sp³-hybridized carbons (Fsp3) is 0.500. The molecule has 2 heterocycles. The molecule has 1 amide bonds. The van der Waals surface area contributed by atoms with Gasteiger partial charge in [0, 0.05) is 23.6 Å². The molecule has 0 aromatic carbocycles. The van der Waals surface area contributed by atoms with Crippen molar-refractivity contribution in [1.29, 1.82) is 0 Å². The number of nitrogens with zero attached hydrogens (tertiary/aromatic N) is 3. The number of amides is 1. The van der Waals surface area contributed by atoms with Crippen molar-refractivity contribution < 1.29 is 9.18 Å². The van der Waals surface area contributed by atoms with Gasteiger partial charge in [0.15, 0.2) is 0 Å². The average molecular weight is 380 g/mol. The van der Waals surface area contributed by atoms with E-state index in [0.717, 1.165) is 30.0 Å². The van der Waals surface area contributed by atoms with E-state index >= 15 is 0 Å². The SMILES string of the molecule is CCCc1nc(-c2cncc(F)c2)sc1N(CC)C(=O)C1CC1SC. The number of halogens is 1. The lowest BCUT2D eigenvalue weighted by molar-refractivity contribution is -0.119. The molecule has 1 aliphatic rings. The fourth-order valence-electron chi connectivity index (χ4n) is 2.90. The number of aryl methyl sites for hydroxylation is 1. The van der Waals surface area contributed by atoms with Crippen LogP contribution in [0, 0.1) is 11.7 Å². The maximum Gasteiger partial charge on any atom is 0.231 e. The highest BCUT2D eigenvalue weighted by Gasteiger charge is 2.45. The van der Waals surface area contributed by atoms with Crippen LogP contribution in [0.1, 0.15) is 32.4 Å². The van der Waals surface area contributed by atoms with Gasteiger partial charge < -0.3 is 4.90 Å². The van der Waals surface area contributed by atoms with Crippen molar-refractivity contribution in [3.8, 4) is 10.6 Å². The molecule has 3 rings (SSSR count). The molecule has 1 saturated carbocycles. The van der Waals surface area contributed by atoms with Crippen LogP contribution in [0.3, 0.4) is 0 Å². The molecule has 1 fully saturated rings. The summed E-state index contributed by atoms with van der Waals surface area (Å²) in [7, 11) is 0. The molecule has 7 heteroatoms. The number of carbonyl (C=O) groups is 1. The third kappa shape index (κ3) is 3.87. The zero-order valence-electron chi connectivity index (χ0n) is 14.7. The molecule has 2 unspecified atom stereocenters. The number of aromatic nitrogens is 2. The highest BCUT2D eigenvalue weighted by Crippen LogP contribution is 2.44. The summed E-state index contributed by atoms with van der Waals surface area (Å²) in [5.74, 6) is -0.0758. The highest BCUT2D eigenvalue weighted by molar-refractivity contribution is 7.99. The van der Waals surface area contributed by atoms with Gasteiger partial charge in [-0.2, -0.15) is 11.8 Å². The van der Waals surface area contributed by atoms with Gasteiger partial charge in [-0.1, -0.05) is 24.7 Å². The van der Waals surface area contributed by atoms with E-state index in [4.69, 9.17) is 4.98 Å². The molecule has 1 aliphatic carbocycles. The van der Waals surface area contributed by atoms with Crippen LogP contribution in [0.15, 0.2) is 18.5 Å². The van der Waals surface area contributed by atoms with Gasteiger partial charge in [0.1, 0.15) is 15.8 Å². The van der Waals surface area contributed by atoms with E-state index in [1.54, 1.807) is 18.0 Å². The predicted molar refractivity (Wildman–Crippen MR) is 103 cm³/mol. The number of carbonyl (C=O) groups excluding carboxylic acids is 1. The summed E-state index contributed by atoms with van der Waals surface area (Å²) in [5, 5.41) is 2.06. The maximum absolute atomic E-state index is 13.5. The Bertz CT molecular complexity index is 765. The van der Waals surface area contributed by atoms with E-state index in [1.807, 2.05) is 11.8 Å². The van der Waals surface area contributed by atoms with Crippen molar-refractivity contribution in [2.24, 2.45) is 5.92 Å². The number of hydrogen-bond acceptors (Lipinski definition) is 5. The van der Waals surface area contributed by atoms with Crippen LogP contribution in [-0.4, -0.2) is 33.9 Å². The van der Waals surface area contributed by atoms with Crippen LogP contribution in [-0.2, 0) is 11.2 Å². The van der Waals surface area contributed by atoms with Crippen molar-refractivity contribution >= 4 is 34.0 Å². The standard InChI is InChI=1S/C18H22FN3OS2/c1-4-6-14-18(22(5-2)17(23)13-8-15(13)24-3)25-16(21-14)11-7-12(19)10-20-9-11/h7,9-10,13,15H,4-6,8H2,1-3H3. The van der Waals surface area contributed by atoms with Crippen LogP contribution in [0.4, 0.5) is 9.39 Å². The third-order valence-electron chi connectivity index (χ3n) is 4.29. The van der Waals surface area contributed by atoms with Crippen LogP contribution >= 0.6 is 23.1 Å². The monoisotopic (exact) mass is 379 g/mol. The third-order valence-corrected chi connectivity index (χ3v) is 6.59. The van der Waals surface area contributed by atoms with E-state index in [2.05, 4.69) is 18.2 Å². The second kappa shape index (κ2) is 7.83. The van der Waals surface area contributed by atoms with Crippen molar-refractivity contribution in [2.75, 3.05) is 17.7 Å². The van der Waals surface area contributed by atoms with Gasteiger partial charge in [-0.15, -0.1) is 0 Å². The molecule has 4 nitrogen and oxygen atoms in total. The first kappa shape index (κ1) is 18.3. The minimum atomic E-state index is -0.379. The Hall–Kier alpha value is -1.47. The molecule has 25 heavy (non-hydrogen) atoms. The Kier molecular flexibility index (Phi) is 5.74. The van der Waals surface area contributed by atoms with Gasteiger partial charge in [0.25, 0.3) is 0 Å². The normalized spacial score (nSPS) is 19.0. The zero-order valence-corrected chi connectivity index (χ0v) is 16.3. The second-order valence-electron chi connectivity index (χ2n) is 6.11. The van der Waals surface area contributed by atoms with Crippen molar-refractivity contribution in [2.45, 2.75) is 38.4 Å². The van der Waals surface area contributed by atoms with Crippen molar-refractivity contribution in [3.63, 3.8) is 0 Å². The summed E-state index contributed by atoms with van der Waals surface area (Å²) in [6, 6.07) is 1.44. The van der Waals surface area contributed by atoms with Gasteiger partial charge in [0.2, 0.25) is 5.91 Å². The summed E-state index contributed by atoms with van der Waals surface area (Å²) in [6.07, 6.45) is 7.55. The molecule has 134 valence electrons. The van der Waals surface area contributed by atoms with Crippen LogP contribution in [0.2, 0.25) is 0 Å². The summed E-state index contributed by atoms with van der Waals surface area (Å²) in [4.78, 5) is 23.4. The van der Waals surface area contributed by atoms with Crippen LogP contribution < -0.4 is 4.90 Å². The molecule has 2 atom stereocenters. The number of hydrogen-bond donors (Lipinski definition) is 0. The number of thiazole rings is 1. The first-order valence-corrected chi connectivity index (χ1v) is 10.6. The molecule has 0 aliphatic heterocycles. The van der Waals surface area contributed by atoms with E-state index in [9.17, 15) is 9.18 Å². The molecule has 0 bridgehead atoms. The molecule has 0 saturated heterocycles. The van der Waals surface area contributed by atoms with E-state index in [0.29, 0.717) is 22.4 Å². The molecule has 0 spiro atoms. The summed E-state index contributed by atoms with van der Waals surface area (Å²) in [6.45, 7) is 4.71. The molecule has 2 aromatic heterocycles. The molecular formula is C18H22FN3OS2. The Morgan fingerprint density at radius 3 is 2.84 bits per heavy atom. The van der Waals surface area contributed by atoms with E-state index in [-0.39, 0.29) is 17.6 Å². The van der Waals surface area contributed by atoms with Gasteiger partial charge >= 0.3 is 0 Å². The number of pyridine rings is 1. The lowest BCUT2D eigenvalue weighted by atomic mass is 10.2. The number of anilines is 1. The number of rotatable bonds is 7. The van der Waals surface area contributed by atoms with Crippen LogP contribution in [0.25, 0.3) is 10.6 Å². The highest BCUT2D eigenvalue weighted by atomic mass is 32.2. The van der Waals surface area contributed by atoms with Gasteiger partial charge in [0.05, 0.1) is 17.8 Å². The zero-order chi connectivity index (χ0) is 18.0. The van der Waals surface area contributed by atoms with E-state index in [1.165, 1.54) is 23.6 Å². The number of thioether (sulfide) groups is 1. The topological polar surface area (TPSA) is 46.1 Å². The Labute approximate surface area is 155 Å². The average Bonchev–Trinajstić information content (AvgIpc) is 3.30. The molecule has 2 aromatic rings. The molecule has 0 radical (unpaired) electrons. The summed E-state index contributed by atoms with van der Waals surface area (Å²) in [5.41, 5.74) is 1.58. The first-order chi connectivity index (χ1) is 12.1. The smallest absolute Gasteiger partial charge is 0.231 e. The Morgan fingerprint density at radius 1 is 1.44 bits per heavy atom. The molecule has 0 N–H and O–H groups in total. The Morgan fingerprint density at radius 2 is 2.24 bits per heavy atom. The minimum absolute atomic E-state index is 0.116. The lowest BCUT2D eigenvalue weighted by Gasteiger charge is -2.20. The fourth-order valence-corrected chi connectivity index (χ4v) is 4.91. The largest absolute Gasteiger partial charge is 0.302 e. The summed E-state index contributed by atoms with van der Waals surface area (Å²) < 4.78 is 13.5. The second-order valence-corrected chi connectivity index (χ2v) is 8.17.